The van der Waals surface area contributed by atoms with Gasteiger partial charge >= 0.3 is 0 Å². The molecule has 154 valence electrons. The zero-order valence-electron chi connectivity index (χ0n) is 16.4. The molecule has 3 rings (SSSR count). The molecule has 0 aromatic heterocycles. The molecule has 0 amide bonds. The van der Waals surface area contributed by atoms with Crippen LogP contribution in [0.15, 0.2) is 60.7 Å². The Balaban J connectivity index is 1.93. The first-order valence-electron chi connectivity index (χ1n) is 9.40. The van der Waals surface area contributed by atoms with Gasteiger partial charge in [-0.3, -0.25) is 4.79 Å². The molecule has 5 atom stereocenters. The van der Waals surface area contributed by atoms with E-state index < -0.39 is 29.8 Å². The van der Waals surface area contributed by atoms with Crippen LogP contribution in [0.2, 0.25) is 5.02 Å². The molecule has 1 aliphatic rings. The lowest BCUT2D eigenvalue weighted by Crippen LogP contribution is -2.62. The van der Waals surface area contributed by atoms with Gasteiger partial charge in [0.25, 0.3) is 0 Å². The maximum absolute atomic E-state index is 13.0. The van der Waals surface area contributed by atoms with Crippen molar-refractivity contribution in [2.75, 3.05) is 14.2 Å². The average Bonchev–Trinajstić information content (AvgIpc) is 2.75. The highest BCUT2D eigenvalue weighted by Gasteiger charge is 2.57. The molecule has 0 spiro atoms. The summed E-state index contributed by atoms with van der Waals surface area (Å²) in [6.45, 7) is 0. The van der Waals surface area contributed by atoms with Crippen molar-refractivity contribution in [3.63, 3.8) is 0 Å². The van der Waals surface area contributed by atoms with Gasteiger partial charge in [0.2, 0.25) is 0 Å². The molecule has 1 saturated carbocycles. The van der Waals surface area contributed by atoms with E-state index in [1.807, 2.05) is 6.07 Å². The van der Waals surface area contributed by atoms with Crippen LogP contribution in [-0.4, -0.2) is 48.5 Å². The monoisotopic (exact) mass is 416 g/mol. The van der Waals surface area contributed by atoms with Gasteiger partial charge in [-0.2, -0.15) is 0 Å². The third-order valence-electron chi connectivity index (χ3n) is 5.59. The Hall–Kier alpha value is -2.02. The average molecular weight is 417 g/mol. The molecule has 2 aromatic rings. The van der Waals surface area contributed by atoms with E-state index in [-0.39, 0.29) is 12.2 Å². The highest BCUT2D eigenvalue weighted by atomic mass is 35.5. The van der Waals surface area contributed by atoms with Crippen molar-refractivity contribution >= 4 is 23.5 Å². The number of carbonyl (C=O) groups excluding carboxylic acids is 1. The minimum absolute atomic E-state index is 0.265. The molecule has 5 nitrogen and oxygen atoms in total. The zero-order chi connectivity index (χ0) is 21.0. The summed E-state index contributed by atoms with van der Waals surface area (Å²) in [5, 5.41) is 23.3. The van der Waals surface area contributed by atoms with Crippen LogP contribution in [0.4, 0.5) is 0 Å². The van der Waals surface area contributed by atoms with Gasteiger partial charge in [0.15, 0.2) is 5.78 Å². The summed E-state index contributed by atoms with van der Waals surface area (Å²) in [6.07, 6.45) is 0.594. The van der Waals surface area contributed by atoms with Crippen molar-refractivity contribution in [3.8, 4) is 0 Å². The predicted molar refractivity (Wildman–Crippen MR) is 112 cm³/mol. The SMILES string of the molecule is COC1CC(OC)C(O)(c2ccccc2)C(O)C1C(=O)C=Cc1ccc(Cl)cc1. The number of hydrogen-bond acceptors (Lipinski definition) is 5. The fourth-order valence-electron chi connectivity index (χ4n) is 3.99. The second-order valence-electron chi connectivity index (χ2n) is 7.18. The molecule has 0 radical (unpaired) electrons. The van der Waals surface area contributed by atoms with E-state index in [1.54, 1.807) is 54.6 Å². The number of ether oxygens (including phenoxy) is 2. The Kier molecular flexibility index (Phi) is 6.88. The van der Waals surface area contributed by atoms with Gasteiger partial charge in [-0.25, -0.2) is 0 Å². The summed E-state index contributed by atoms with van der Waals surface area (Å²) in [7, 11) is 2.96. The fraction of sp³-hybridized carbons (Fsp3) is 0.348. The van der Waals surface area contributed by atoms with Crippen LogP contribution in [0, 0.1) is 5.92 Å². The number of halogens is 1. The normalized spacial score (nSPS) is 29.8. The van der Waals surface area contributed by atoms with Gasteiger partial charge in [-0.1, -0.05) is 60.1 Å². The lowest BCUT2D eigenvalue weighted by Gasteiger charge is -2.48. The molecule has 29 heavy (non-hydrogen) atoms. The number of aliphatic hydroxyl groups is 2. The standard InChI is InChI=1S/C23H25ClO5/c1-28-19-14-20(29-2)23(27,16-6-4-3-5-7-16)22(26)21(19)18(25)13-10-15-8-11-17(24)12-9-15/h3-13,19-22,26-27H,14H2,1-2H3. The summed E-state index contributed by atoms with van der Waals surface area (Å²) in [5.74, 6) is -1.27. The molecule has 1 aliphatic carbocycles. The number of benzene rings is 2. The van der Waals surface area contributed by atoms with Crippen molar-refractivity contribution < 1.29 is 24.5 Å². The minimum Gasteiger partial charge on any atom is -0.389 e. The van der Waals surface area contributed by atoms with Crippen LogP contribution >= 0.6 is 11.6 Å². The van der Waals surface area contributed by atoms with Crippen molar-refractivity contribution in [3.05, 3.63) is 76.8 Å². The lowest BCUT2D eigenvalue weighted by atomic mass is 9.67. The molecule has 0 heterocycles. The highest BCUT2D eigenvalue weighted by Crippen LogP contribution is 2.43. The van der Waals surface area contributed by atoms with E-state index in [0.717, 1.165) is 5.56 Å². The summed E-state index contributed by atoms with van der Waals surface area (Å²) < 4.78 is 11.0. The first-order valence-corrected chi connectivity index (χ1v) is 9.78. The smallest absolute Gasteiger partial charge is 0.164 e. The molecule has 2 aromatic carbocycles. The first kappa shape index (κ1) is 21.7. The first-order chi connectivity index (χ1) is 13.9. The zero-order valence-corrected chi connectivity index (χ0v) is 17.1. The van der Waals surface area contributed by atoms with Gasteiger partial charge < -0.3 is 19.7 Å². The van der Waals surface area contributed by atoms with E-state index in [4.69, 9.17) is 21.1 Å². The van der Waals surface area contributed by atoms with Gasteiger partial charge in [-0.05, 0) is 29.3 Å². The van der Waals surface area contributed by atoms with Crippen molar-refractivity contribution in [2.45, 2.75) is 30.3 Å². The van der Waals surface area contributed by atoms with Gasteiger partial charge in [0, 0.05) is 25.7 Å². The lowest BCUT2D eigenvalue weighted by molar-refractivity contribution is -0.226. The van der Waals surface area contributed by atoms with E-state index in [1.165, 1.54) is 20.3 Å². The summed E-state index contributed by atoms with van der Waals surface area (Å²) in [6, 6.07) is 15.8. The summed E-state index contributed by atoms with van der Waals surface area (Å²) in [4.78, 5) is 13.0. The Morgan fingerprint density at radius 1 is 1.10 bits per heavy atom. The predicted octanol–water partition coefficient (Wildman–Crippen LogP) is 3.22. The van der Waals surface area contributed by atoms with Crippen molar-refractivity contribution in [2.24, 2.45) is 5.92 Å². The minimum atomic E-state index is -1.74. The topological polar surface area (TPSA) is 76.0 Å². The van der Waals surface area contributed by atoms with Crippen LogP contribution in [0.1, 0.15) is 17.5 Å². The summed E-state index contributed by atoms with van der Waals surface area (Å²) >= 11 is 5.89. The fourth-order valence-corrected chi connectivity index (χ4v) is 4.11. The van der Waals surface area contributed by atoms with E-state index in [9.17, 15) is 15.0 Å². The number of rotatable bonds is 6. The maximum atomic E-state index is 13.0. The number of methoxy groups -OCH3 is 2. The highest BCUT2D eigenvalue weighted by molar-refractivity contribution is 6.30. The summed E-state index contributed by atoms with van der Waals surface area (Å²) in [5.41, 5.74) is -0.442. The quantitative estimate of drug-likeness (QED) is 0.707. The van der Waals surface area contributed by atoms with Gasteiger partial charge in [0.1, 0.15) is 11.7 Å². The third-order valence-corrected chi connectivity index (χ3v) is 5.84. The van der Waals surface area contributed by atoms with Crippen LogP contribution in [0.5, 0.6) is 0 Å². The molecule has 0 bridgehead atoms. The molecular weight excluding hydrogens is 392 g/mol. The Morgan fingerprint density at radius 3 is 2.34 bits per heavy atom. The number of carbonyl (C=O) groups is 1. The van der Waals surface area contributed by atoms with Crippen molar-refractivity contribution in [1.29, 1.82) is 0 Å². The number of allylic oxidation sites excluding steroid dienone is 1. The maximum Gasteiger partial charge on any atom is 0.164 e. The molecular formula is C23H25ClO5. The number of aliphatic hydroxyl groups excluding tert-OH is 1. The molecule has 5 unspecified atom stereocenters. The van der Waals surface area contributed by atoms with Gasteiger partial charge in [0.05, 0.1) is 18.1 Å². The largest absolute Gasteiger partial charge is 0.389 e. The number of ketones is 1. The second kappa shape index (κ2) is 9.20. The van der Waals surface area contributed by atoms with Crippen LogP contribution in [0.25, 0.3) is 6.08 Å². The number of hydrogen-bond donors (Lipinski definition) is 2. The van der Waals surface area contributed by atoms with Crippen LogP contribution in [-0.2, 0) is 19.9 Å². The Morgan fingerprint density at radius 2 is 1.76 bits per heavy atom. The van der Waals surface area contributed by atoms with Crippen LogP contribution in [0.3, 0.4) is 0 Å². The van der Waals surface area contributed by atoms with E-state index in [0.29, 0.717) is 10.6 Å². The van der Waals surface area contributed by atoms with Crippen LogP contribution < -0.4 is 0 Å². The Bertz CT molecular complexity index is 851. The molecule has 6 heteroatoms. The third kappa shape index (κ3) is 4.29. The van der Waals surface area contributed by atoms with Gasteiger partial charge in [-0.15, -0.1) is 0 Å². The molecule has 1 fully saturated rings. The molecule has 0 aliphatic heterocycles. The molecule has 2 N–H and O–H groups in total. The van der Waals surface area contributed by atoms with E-state index in [2.05, 4.69) is 0 Å². The Labute approximate surface area is 175 Å². The second-order valence-corrected chi connectivity index (χ2v) is 7.62. The molecule has 0 saturated heterocycles. The van der Waals surface area contributed by atoms with E-state index >= 15 is 0 Å². The van der Waals surface area contributed by atoms with Crippen molar-refractivity contribution in [1.82, 2.24) is 0 Å².